The zero-order valence-corrected chi connectivity index (χ0v) is 28.5. The monoisotopic (exact) mass is 662 g/mol. The van der Waals surface area contributed by atoms with E-state index in [0.717, 1.165) is 5.69 Å². The predicted molar refractivity (Wildman–Crippen MR) is 221 cm³/mol. The molecule has 0 bridgehead atoms. The highest BCUT2D eigenvalue weighted by Gasteiger charge is 2.14. The number of hydrogen-bond donors (Lipinski definition) is 0. The largest absolute Gasteiger partial charge is 0.309 e. The van der Waals surface area contributed by atoms with Gasteiger partial charge in [0.15, 0.2) is 0 Å². The minimum atomic E-state index is 1.16. The van der Waals surface area contributed by atoms with Crippen molar-refractivity contribution in [1.29, 1.82) is 0 Å². The molecule has 0 radical (unpaired) electrons. The molecule has 0 atom stereocenters. The molecule has 2 heteroatoms. The second-order valence-corrected chi connectivity index (χ2v) is 13.4. The van der Waals surface area contributed by atoms with E-state index in [4.69, 9.17) is 0 Å². The molecule has 0 saturated carbocycles. The lowest BCUT2D eigenvalue weighted by Gasteiger charge is -2.10. The van der Waals surface area contributed by atoms with E-state index in [0.29, 0.717) is 0 Å². The number of benzene rings is 8. The summed E-state index contributed by atoms with van der Waals surface area (Å²) in [5.74, 6) is 0. The first kappa shape index (κ1) is 30.0. The van der Waals surface area contributed by atoms with Gasteiger partial charge in [0, 0.05) is 32.9 Å². The normalized spacial score (nSPS) is 11.8. The molecular formula is C50H34N2. The van der Waals surface area contributed by atoms with Crippen molar-refractivity contribution < 1.29 is 0 Å². The number of fused-ring (bicyclic) bond motifs is 6. The van der Waals surface area contributed by atoms with Gasteiger partial charge in [0.05, 0.1) is 22.1 Å². The van der Waals surface area contributed by atoms with E-state index >= 15 is 0 Å². The van der Waals surface area contributed by atoms with Crippen LogP contribution in [0, 0.1) is 0 Å². The maximum Gasteiger partial charge on any atom is 0.0541 e. The van der Waals surface area contributed by atoms with Crippen LogP contribution in [-0.4, -0.2) is 9.13 Å². The van der Waals surface area contributed by atoms with Crippen molar-refractivity contribution in [2.24, 2.45) is 0 Å². The van der Waals surface area contributed by atoms with Crippen molar-refractivity contribution >= 4 is 55.8 Å². The molecule has 8 aromatic carbocycles. The first-order chi connectivity index (χ1) is 25.8. The lowest BCUT2D eigenvalue weighted by atomic mass is 9.99. The number of aromatic nitrogens is 2. The molecule has 0 fully saturated rings. The van der Waals surface area contributed by atoms with Gasteiger partial charge in [-0.05, 0) is 100 Å². The molecule has 0 aliphatic heterocycles. The van der Waals surface area contributed by atoms with Gasteiger partial charge in [0.1, 0.15) is 0 Å². The average Bonchev–Trinajstić information content (AvgIpc) is 3.73. The third-order valence-electron chi connectivity index (χ3n) is 10.3. The Hall–Kier alpha value is -6.90. The molecule has 0 aliphatic rings. The second kappa shape index (κ2) is 12.5. The van der Waals surface area contributed by atoms with E-state index in [2.05, 4.69) is 215 Å². The molecule has 10 aromatic rings. The van der Waals surface area contributed by atoms with E-state index in [1.54, 1.807) is 0 Å². The molecule has 0 unspecified atom stereocenters. The Morgan fingerprint density at radius 3 is 1.27 bits per heavy atom. The van der Waals surface area contributed by atoms with Crippen LogP contribution < -0.4 is 0 Å². The quantitative estimate of drug-likeness (QED) is 0.157. The summed E-state index contributed by atoms with van der Waals surface area (Å²) in [5.41, 5.74) is 14.4. The molecule has 2 nitrogen and oxygen atoms in total. The SMILES string of the molecule is C(=Cc1cccc(-c2ccc3c(c2)c2ccccc2n3-c2ccccc2)c1)c1cccc(-c2ccc(-n3c4ccccc4c4ccccc43)cc2)c1. The molecule has 0 N–H and O–H groups in total. The Bertz CT molecular complexity index is 2890. The van der Waals surface area contributed by atoms with Crippen LogP contribution in [0.1, 0.15) is 11.1 Å². The first-order valence-corrected chi connectivity index (χ1v) is 17.8. The fourth-order valence-corrected chi connectivity index (χ4v) is 7.85. The summed E-state index contributed by atoms with van der Waals surface area (Å²) in [6.45, 7) is 0. The van der Waals surface area contributed by atoms with Crippen LogP contribution in [0.3, 0.4) is 0 Å². The van der Waals surface area contributed by atoms with Crippen molar-refractivity contribution in [3.05, 3.63) is 205 Å². The van der Waals surface area contributed by atoms with Crippen LogP contribution in [0.2, 0.25) is 0 Å². The van der Waals surface area contributed by atoms with Crippen molar-refractivity contribution in [2.45, 2.75) is 0 Å². The first-order valence-electron chi connectivity index (χ1n) is 17.8. The fourth-order valence-electron chi connectivity index (χ4n) is 7.85. The summed E-state index contributed by atoms with van der Waals surface area (Å²) >= 11 is 0. The van der Waals surface area contributed by atoms with Gasteiger partial charge < -0.3 is 9.13 Å². The maximum atomic E-state index is 2.36. The van der Waals surface area contributed by atoms with E-state index in [9.17, 15) is 0 Å². The molecule has 0 aliphatic carbocycles. The minimum Gasteiger partial charge on any atom is -0.309 e. The minimum absolute atomic E-state index is 1.16. The van der Waals surface area contributed by atoms with E-state index in [1.807, 2.05) is 0 Å². The van der Waals surface area contributed by atoms with Gasteiger partial charge in [-0.25, -0.2) is 0 Å². The molecule has 2 heterocycles. The summed E-state index contributed by atoms with van der Waals surface area (Å²) in [7, 11) is 0. The predicted octanol–water partition coefficient (Wildman–Crippen LogP) is 13.4. The number of para-hydroxylation sites is 4. The molecule has 0 amide bonds. The zero-order valence-electron chi connectivity index (χ0n) is 28.5. The third-order valence-corrected chi connectivity index (χ3v) is 10.3. The molecular weight excluding hydrogens is 629 g/mol. The Balaban J connectivity index is 0.938. The van der Waals surface area contributed by atoms with Gasteiger partial charge in [-0.1, -0.05) is 140 Å². The van der Waals surface area contributed by atoms with Crippen molar-refractivity contribution in [3.63, 3.8) is 0 Å². The molecule has 52 heavy (non-hydrogen) atoms. The topological polar surface area (TPSA) is 9.86 Å². The van der Waals surface area contributed by atoms with Crippen molar-refractivity contribution in [1.82, 2.24) is 9.13 Å². The Kier molecular flexibility index (Phi) is 7.18. The fraction of sp³-hybridized carbons (Fsp3) is 0. The zero-order chi connectivity index (χ0) is 34.4. The second-order valence-electron chi connectivity index (χ2n) is 13.4. The van der Waals surface area contributed by atoms with Crippen LogP contribution in [0.4, 0.5) is 0 Å². The van der Waals surface area contributed by atoms with E-state index < -0.39 is 0 Å². The number of rotatable bonds is 6. The van der Waals surface area contributed by atoms with Crippen LogP contribution in [-0.2, 0) is 0 Å². The van der Waals surface area contributed by atoms with Crippen LogP contribution >= 0.6 is 0 Å². The van der Waals surface area contributed by atoms with E-state index in [1.165, 1.54) is 82.7 Å². The molecule has 244 valence electrons. The smallest absolute Gasteiger partial charge is 0.0541 e. The Morgan fingerprint density at radius 2 is 0.692 bits per heavy atom. The summed E-state index contributed by atoms with van der Waals surface area (Å²) in [5, 5.41) is 5.08. The maximum absolute atomic E-state index is 2.36. The Morgan fingerprint density at radius 1 is 0.269 bits per heavy atom. The van der Waals surface area contributed by atoms with Crippen LogP contribution in [0.25, 0.3) is 89.4 Å². The highest BCUT2D eigenvalue weighted by Crippen LogP contribution is 2.36. The molecule has 10 rings (SSSR count). The average molecular weight is 663 g/mol. The van der Waals surface area contributed by atoms with Gasteiger partial charge in [0.2, 0.25) is 0 Å². The van der Waals surface area contributed by atoms with Gasteiger partial charge >= 0.3 is 0 Å². The van der Waals surface area contributed by atoms with Gasteiger partial charge in [0.25, 0.3) is 0 Å². The molecule has 0 spiro atoms. The summed E-state index contributed by atoms with van der Waals surface area (Å²) in [4.78, 5) is 0. The summed E-state index contributed by atoms with van der Waals surface area (Å²) in [6, 6.07) is 70.0. The molecule has 0 saturated heterocycles. The van der Waals surface area contributed by atoms with Gasteiger partial charge in [-0.3, -0.25) is 0 Å². The summed E-state index contributed by atoms with van der Waals surface area (Å²) in [6.07, 6.45) is 4.43. The summed E-state index contributed by atoms with van der Waals surface area (Å²) < 4.78 is 4.73. The van der Waals surface area contributed by atoms with Gasteiger partial charge in [-0.2, -0.15) is 0 Å². The number of hydrogen-bond acceptors (Lipinski definition) is 0. The van der Waals surface area contributed by atoms with Crippen LogP contribution in [0.5, 0.6) is 0 Å². The lowest BCUT2D eigenvalue weighted by Crippen LogP contribution is -1.93. The number of nitrogens with zero attached hydrogens (tertiary/aromatic N) is 2. The van der Waals surface area contributed by atoms with E-state index in [-0.39, 0.29) is 0 Å². The molecule has 2 aromatic heterocycles. The lowest BCUT2D eigenvalue weighted by molar-refractivity contribution is 1.18. The van der Waals surface area contributed by atoms with Crippen LogP contribution in [0.15, 0.2) is 194 Å². The van der Waals surface area contributed by atoms with Gasteiger partial charge in [-0.15, -0.1) is 0 Å². The Labute approximate surface area is 302 Å². The van der Waals surface area contributed by atoms with Crippen molar-refractivity contribution in [3.8, 4) is 33.6 Å². The highest BCUT2D eigenvalue weighted by atomic mass is 15.0. The standard InChI is InChI=1S/C50H34N2/c1-2-16-41(17-3-1)51-49-23-9-6-20-45(49)46-34-40(28-31-50(46)51)39-15-11-13-36(33-39)25-24-35-12-10-14-38(32-35)37-26-29-42(30-27-37)52-47-21-7-4-18-43(47)44-19-5-8-22-48(44)52/h1-34H. The highest BCUT2D eigenvalue weighted by molar-refractivity contribution is 6.11. The third kappa shape index (κ3) is 5.12. The van der Waals surface area contributed by atoms with Crippen molar-refractivity contribution in [2.75, 3.05) is 0 Å².